The van der Waals surface area contributed by atoms with Gasteiger partial charge in [0.05, 0.1) is 15.5 Å². The van der Waals surface area contributed by atoms with Crippen LogP contribution in [-0.4, -0.2) is 74.7 Å². The number of hydrogen-bond donors (Lipinski definition) is 1. The van der Waals surface area contributed by atoms with Crippen LogP contribution in [0, 0.1) is 0 Å². The molecule has 1 N–H and O–H groups in total. The number of piperazine rings is 1. The molecule has 2 aliphatic rings. The summed E-state index contributed by atoms with van der Waals surface area (Å²) >= 11 is 6.26. The number of amides is 1. The molecular formula is C24H31ClN4O3S. The Bertz CT molecular complexity index is 1080. The van der Waals surface area contributed by atoms with E-state index >= 15 is 0 Å². The van der Waals surface area contributed by atoms with Gasteiger partial charge in [-0.1, -0.05) is 30.2 Å². The van der Waals surface area contributed by atoms with Gasteiger partial charge >= 0.3 is 0 Å². The van der Waals surface area contributed by atoms with Crippen LogP contribution in [0.15, 0.2) is 47.4 Å². The van der Waals surface area contributed by atoms with Crippen molar-refractivity contribution in [3.8, 4) is 0 Å². The summed E-state index contributed by atoms with van der Waals surface area (Å²) in [7, 11) is -1.51. The van der Waals surface area contributed by atoms with Gasteiger partial charge < -0.3 is 10.2 Å². The molecule has 1 amide bonds. The van der Waals surface area contributed by atoms with E-state index in [1.165, 1.54) is 28.1 Å². The molecule has 2 aromatic carbocycles. The van der Waals surface area contributed by atoms with Crippen LogP contribution in [0.3, 0.4) is 0 Å². The number of benzene rings is 2. The molecule has 178 valence electrons. The van der Waals surface area contributed by atoms with Crippen molar-refractivity contribution >= 4 is 33.2 Å². The number of likely N-dealkylation sites (N-methyl/N-ethyl adjacent to an activating group) is 1. The fourth-order valence-corrected chi connectivity index (χ4v) is 6.00. The van der Waals surface area contributed by atoms with Gasteiger partial charge in [-0.3, -0.25) is 9.69 Å². The largest absolute Gasteiger partial charge is 0.322 e. The molecule has 2 aliphatic heterocycles. The van der Waals surface area contributed by atoms with Crippen molar-refractivity contribution in [1.29, 1.82) is 0 Å². The van der Waals surface area contributed by atoms with Crippen LogP contribution in [0.25, 0.3) is 0 Å². The van der Waals surface area contributed by atoms with Crippen LogP contribution in [0.5, 0.6) is 0 Å². The van der Waals surface area contributed by atoms with Crippen molar-refractivity contribution in [3.63, 3.8) is 0 Å². The number of piperidine rings is 1. The number of carbonyl (C=O) groups excluding carboxylic acids is 1. The second kappa shape index (κ2) is 10.5. The molecule has 33 heavy (non-hydrogen) atoms. The highest BCUT2D eigenvalue weighted by molar-refractivity contribution is 7.89. The van der Waals surface area contributed by atoms with Gasteiger partial charge in [-0.15, -0.1) is 0 Å². The summed E-state index contributed by atoms with van der Waals surface area (Å²) in [5.74, 6) is -0.428. The third-order valence-electron chi connectivity index (χ3n) is 6.35. The van der Waals surface area contributed by atoms with E-state index in [9.17, 15) is 13.2 Å². The maximum Gasteiger partial charge on any atom is 0.257 e. The van der Waals surface area contributed by atoms with Crippen LogP contribution in [0.2, 0.25) is 5.02 Å². The summed E-state index contributed by atoms with van der Waals surface area (Å²) in [6.07, 6.45) is 2.74. The first-order chi connectivity index (χ1) is 15.8. The van der Waals surface area contributed by atoms with E-state index in [0.717, 1.165) is 52.0 Å². The van der Waals surface area contributed by atoms with Gasteiger partial charge in [0.15, 0.2) is 0 Å². The molecule has 0 aliphatic carbocycles. The fraction of sp³-hybridized carbons (Fsp3) is 0.458. The van der Waals surface area contributed by atoms with E-state index in [2.05, 4.69) is 22.2 Å². The maximum absolute atomic E-state index is 13.0. The van der Waals surface area contributed by atoms with Crippen molar-refractivity contribution in [3.05, 3.63) is 58.6 Å². The van der Waals surface area contributed by atoms with E-state index < -0.39 is 15.9 Å². The minimum atomic E-state index is -3.64. The zero-order chi connectivity index (χ0) is 23.4. The summed E-state index contributed by atoms with van der Waals surface area (Å²) < 4.78 is 27.5. The molecule has 9 heteroatoms. The number of halogens is 1. The highest BCUT2D eigenvalue weighted by Crippen LogP contribution is 2.26. The molecule has 2 aromatic rings. The first-order valence-corrected chi connectivity index (χ1v) is 13.3. The Morgan fingerprint density at radius 3 is 2.27 bits per heavy atom. The number of anilines is 1. The lowest BCUT2D eigenvalue weighted by Crippen LogP contribution is -2.43. The lowest BCUT2D eigenvalue weighted by molar-refractivity contribution is 0.102. The Morgan fingerprint density at radius 1 is 0.939 bits per heavy atom. The average molecular weight is 491 g/mol. The quantitative estimate of drug-likeness (QED) is 0.670. The molecule has 0 unspecified atom stereocenters. The molecule has 2 heterocycles. The molecule has 0 saturated carbocycles. The van der Waals surface area contributed by atoms with E-state index in [4.69, 9.17) is 11.6 Å². The number of carbonyl (C=O) groups is 1. The highest BCUT2D eigenvalue weighted by Gasteiger charge is 2.27. The molecule has 2 saturated heterocycles. The van der Waals surface area contributed by atoms with Gasteiger partial charge in [-0.2, -0.15) is 4.31 Å². The molecule has 2 fully saturated rings. The maximum atomic E-state index is 13.0. The predicted octanol–water partition coefficient (Wildman–Crippen LogP) is 3.51. The molecular weight excluding hydrogens is 460 g/mol. The topological polar surface area (TPSA) is 73.0 Å². The summed E-state index contributed by atoms with van der Waals surface area (Å²) in [5, 5.41) is 3.06. The monoisotopic (exact) mass is 490 g/mol. The predicted molar refractivity (Wildman–Crippen MR) is 131 cm³/mol. The van der Waals surface area contributed by atoms with Gasteiger partial charge in [0.25, 0.3) is 5.91 Å². The minimum Gasteiger partial charge on any atom is -0.322 e. The number of rotatable bonds is 6. The number of nitrogens with zero attached hydrogens (tertiary/aromatic N) is 3. The molecule has 4 rings (SSSR count). The lowest BCUT2D eigenvalue weighted by Gasteiger charge is -2.32. The average Bonchev–Trinajstić information content (AvgIpc) is 2.82. The van der Waals surface area contributed by atoms with Crippen LogP contribution in [0.4, 0.5) is 5.69 Å². The van der Waals surface area contributed by atoms with Gasteiger partial charge in [0.2, 0.25) is 10.0 Å². The van der Waals surface area contributed by atoms with Crippen molar-refractivity contribution in [2.45, 2.75) is 30.7 Å². The standard InChI is InChI=1S/C24H31ClN4O3S/c1-27-13-15-28(16-14-27)18-19-5-7-20(8-6-19)26-24(30)22-17-21(9-10-23(22)25)33(31,32)29-11-3-2-4-12-29/h5-10,17H,2-4,11-16,18H2,1H3,(H,26,30). The van der Waals surface area contributed by atoms with Crippen molar-refractivity contribution < 1.29 is 13.2 Å². The number of hydrogen-bond acceptors (Lipinski definition) is 5. The zero-order valence-electron chi connectivity index (χ0n) is 19.0. The van der Waals surface area contributed by atoms with E-state index in [-0.39, 0.29) is 15.5 Å². The van der Waals surface area contributed by atoms with Crippen molar-refractivity contribution in [1.82, 2.24) is 14.1 Å². The Morgan fingerprint density at radius 2 is 1.61 bits per heavy atom. The van der Waals surface area contributed by atoms with Crippen molar-refractivity contribution in [2.75, 3.05) is 51.6 Å². The SMILES string of the molecule is CN1CCN(Cc2ccc(NC(=O)c3cc(S(=O)(=O)N4CCCCC4)ccc3Cl)cc2)CC1. The fourth-order valence-electron chi connectivity index (χ4n) is 4.25. The lowest BCUT2D eigenvalue weighted by atomic mass is 10.1. The summed E-state index contributed by atoms with van der Waals surface area (Å²) in [5.41, 5.74) is 1.98. The van der Waals surface area contributed by atoms with Crippen LogP contribution >= 0.6 is 11.6 Å². The number of sulfonamides is 1. The molecule has 0 atom stereocenters. The van der Waals surface area contributed by atoms with Crippen LogP contribution < -0.4 is 5.32 Å². The van der Waals surface area contributed by atoms with E-state index in [0.29, 0.717) is 18.8 Å². The van der Waals surface area contributed by atoms with Crippen molar-refractivity contribution in [2.24, 2.45) is 0 Å². The summed E-state index contributed by atoms with van der Waals surface area (Å²) in [6.45, 7) is 6.13. The minimum absolute atomic E-state index is 0.0986. The normalized spacial score (nSPS) is 18.8. The molecule has 7 nitrogen and oxygen atoms in total. The molecule has 0 aromatic heterocycles. The Hall–Kier alpha value is -1.97. The van der Waals surface area contributed by atoms with Crippen LogP contribution in [0.1, 0.15) is 35.2 Å². The smallest absolute Gasteiger partial charge is 0.257 e. The first kappa shape index (κ1) is 24.2. The molecule has 0 spiro atoms. The van der Waals surface area contributed by atoms with Gasteiger partial charge in [0, 0.05) is 51.5 Å². The zero-order valence-corrected chi connectivity index (χ0v) is 20.5. The summed E-state index contributed by atoms with van der Waals surface area (Å²) in [6, 6.07) is 12.1. The Kier molecular flexibility index (Phi) is 7.71. The van der Waals surface area contributed by atoms with E-state index in [1.807, 2.05) is 24.3 Å². The Balaban J connectivity index is 1.43. The van der Waals surface area contributed by atoms with Gasteiger partial charge in [-0.25, -0.2) is 8.42 Å². The van der Waals surface area contributed by atoms with Gasteiger partial charge in [-0.05, 0) is 55.8 Å². The Labute approximate surface area is 201 Å². The van der Waals surface area contributed by atoms with Crippen LogP contribution in [-0.2, 0) is 16.6 Å². The summed E-state index contributed by atoms with van der Waals surface area (Å²) in [4.78, 5) is 17.7. The third kappa shape index (κ3) is 5.94. The first-order valence-electron chi connectivity index (χ1n) is 11.4. The second-order valence-corrected chi connectivity index (χ2v) is 11.2. The second-order valence-electron chi connectivity index (χ2n) is 8.84. The third-order valence-corrected chi connectivity index (χ3v) is 8.57. The molecule has 0 radical (unpaired) electrons. The highest BCUT2D eigenvalue weighted by atomic mass is 35.5. The number of nitrogens with one attached hydrogen (secondary N) is 1. The molecule has 0 bridgehead atoms. The van der Waals surface area contributed by atoms with Gasteiger partial charge in [0.1, 0.15) is 0 Å². The van der Waals surface area contributed by atoms with E-state index in [1.54, 1.807) is 0 Å².